The third-order valence-electron chi connectivity index (χ3n) is 2.12. The summed E-state index contributed by atoms with van der Waals surface area (Å²) in [6, 6.07) is 8.06. The van der Waals surface area contributed by atoms with Gasteiger partial charge in [0, 0.05) is 0 Å². The maximum Gasteiger partial charge on any atom is 0.184 e. The van der Waals surface area contributed by atoms with Crippen LogP contribution in [0.1, 0.15) is 18.6 Å². The van der Waals surface area contributed by atoms with Crippen LogP contribution in [-0.2, 0) is 4.43 Å². The molecule has 0 spiro atoms. The van der Waals surface area contributed by atoms with Gasteiger partial charge in [-0.2, -0.15) is 0 Å². The molecule has 0 radical (unpaired) electrons. The van der Waals surface area contributed by atoms with Gasteiger partial charge in [0.05, 0.1) is 13.2 Å². The van der Waals surface area contributed by atoms with Crippen LogP contribution in [0.15, 0.2) is 24.3 Å². The molecule has 0 amide bonds. The molecule has 3 heteroatoms. The summed E-state index contributed by atoms with van der Waals surface area (Å²) in [4.78, 5) is 0. The van der Waals surface area contributed by atoms with Crippen molar-refractivity contribution in [3.8, 4) is 5.75 Å². The second-order valence-corrected chi connectivity index (χ2v) is 9.11. The smallest absolute Gasteiger partial charge is 0.184 e. The van der Waals surface area contributed by atoms with Crippen molar-refractivity contribution in [3.05, 3.63) is 29.8 Å². The third-order valence-corrected chi connectivity index (χ3v) is 3.18. The minimum atomic E-state index is -1.46. The Balaban J connectivity index is 2.70. The van der Waals surface area contributed by atoms with Crippen LogP contribution in [0.25, 0.3) is 0 Å². The first-order valence-corrected chi connectivity index (χ1v) is 8.65. The van der Waals surface area contributed by atoms with Crippen LogP contribution in [0.5, 0.6) is 5.75 Å². The van der Waals surface area contributed by atoms with Crippen molar-refractivity contribution in [1.82, 2.24) is 0 Å². The molecule has 84 valence electrons. The van der Waals surface area contributed by atoms with Crippen LogP contribution in [0.2, 0.25) is 19.6 Å². The van der Waals surface area contributed by atoms with E-state index in [9.17, 15) is 0 Å². The Morgan fingerprint density at radius 1 is 1.07 bits per heavy atom. The lowest BCUT2D eigenvalue weighted by Crippen LogP contribution is -2.26. The van der Waals surface area contributed by atoms with Crippen molar-refractivity contribution in [3.63, 3.8) is 0 Å². The molecule has 0 saturated carbocycles. The molecule has 0 saturated heterocycles. The maximum absolute atomic E-state index is 6.00. The van der Waals surface area contributed by atoms with Gasteiger partial charge in [0.25, 0.3) is 0 Å². The van der Waals surface area contributed by atoms with Crippen LogP contribution in [-0.4, -0.2) is 15.4 Å². The minimum Gasteiger partial charge on any atom is -0.497 e. The fourth-order valence-electron chi connectivity index (χ4n) is 1.47. The molecule has 1 atom stereocenters. The summed E-state index contributed by atoms with van der Waals surface area (Å²) in [5.74, 6) is 0.888. The lowest BCUT2D eigenvalue weighted by molar-refractivity contribution is 0.219. The number of benzene rings is 1. The van der Waals surface area contributed by atoms with E-state index in [1.807, 2.05) is 12.1 Å². The Kier molecular flexibility index (Phi) is 3.94. The number of methoxy groups -OCH3 is 1. The van der Waals surface area contributed by atoms with Crippen LogP contribution >= 0.6 is 0 Å². The summed E-state index contributed by atoms with van der Waals surface area (Å²) in [5, 5.41) is 0. The zero-order valence-corrected chi connectivity index (χ0v) is 11.2. The van der Waals surface area contributed by atoms with Gasteiger partial charge < -0.3 is 9.16 Å². The normalized spacial score (nSPS) is 13.7. The van der Waals surface area contributed by atoms with Crippen LogP contribution < -0.4 is 4.74 Å². The lowest BCUT2D eigenvalue weighted by atomic mass is 10.1. The molecule has 0 aromatic heterocycles. The largest absolute Gasteiger partial charge is 0.497 e. The summed E-state index contributed by atoms with van der Waals surface area (Å²) in [6.07, 6.45) is 0.169. The standard InChI is InChI=1S/C12H20O2Si/c1-10(14-15(3,4)5)11-6-8-12(13-2)9-7-11/h6-10H,1-5H3. The van der Waals surface area contributed by atoms with Gasteiger partial charge in [0.1, 0.15) is 5.75 Å². The quantitative estimate of drug-likeness (QED) is 0.727. The van der Waals surface area contributed by atoms with Crippen molar-refractivity contribution in [2.75, 3.05) is 7.11 Å². The Bertz CT molecular complexity index is 300. The summed E-state index contributed by atoms with van der Waals surface area (Å²) in [5.41, 5.74) is 1.21. The van der Waals surface area contributed by atoms with Gasteiger partial charge in [-0.05, 0) is 44.3 Å². The average molecular weight is 224 g/mol. The Hall–Kier alpha value is -0.803. The van der Waals surface area contributed by atoms with Gasteiger partial charge in [0.2, 0.25) is 0 Å². The molecule has 0 aliphatic heterocycles. The molecule has 0 N–H and O–H groups in total. The Morgan fingerprint density at radius 3 is 2.00 bits per heavy atom. The first-order valence-electron chi connectivity index (χ1n) is 5.24. The van der Waals surface area contributed by atoms with E-state index in [-0.39, 0.29) is 6.10 Å². The number of hydrogen-bond donors (Lipinski definition) is 0. The van der Waals surface area contributed by atoms with Gasteiger partial charge in [-0.15, -0.1) is 0 Å². The lowest BCUT2D eigenvalue weighted by Gasteiger charge is -2.23. The van der Waals surface area contributed by atoms with E-state index >= 15 is 0 Å². The van der Waals surface area contributed by atoms with E-state index in [4.69, 9.17) is 9.16 Å². The van der Waals surface area contributed by atoms with Crippen molar-refractivity contribution in [1.29, 1.82) is 0 Å². The first kappa shape index (κ1) is 12.3. The highest BCUT2D eigenvalue weighted by Gasteiger charge is 2.18. The molecule has 2 nitrogen and oxygen atoms in total. The van der Waals surface area contributed by atoms with E-state index in [0.717, 1.165) is 5.75 Å². The molecule has 0 aliphatic rings. The molecule has 1 rings (SSSR count). The van der Waals surface area contributed by atoms with Crippen LogP contribution in [0.3, 0.4) is 0 Å². The van der Waals surface area contributed by atoms with Gasteiger partial charge >= 0.3 is 0 Å². The summed E-state index contributed by atoms with van der Waals surface area (Å²) in [6.45, 7) is 8.70. The van der Waals surface area contributed by atoms with Crippen molar-refractivity contribution < 1.29 is 9.16 Å². The second kappa shape index (κ2) is 4.81. The summed E-state index contributed by atoms with van der Waals surface area (Å²) >= 11 is 0. The molecule has 0 aliphatic carbocycles. The first-order chi connectivity index (χ1) is 6.92. The zero-order valence-electron chi connectivity index (χ0n) is 10.2. The van der Waals surface area contributed by atoms with E-state index in [0.29, 0.717) is 0 Å². The van der Waals surface area contributed by atoms with E-state index in [1.54, 1.807) is 7.11 Å². The van der Waals surface area contributed by atoms with Crippen LogP contribution in [0.4, 0.5) is 0 Å². The summed E-state index contributed by atoms with van der Waals surface area (Å²) < 4.78 is 11.1. The molecule has 1 aromatic rings. The second-order valence-electron chi connectivity index (χ2n) is 4.65. The average Bonchev–Trinajstić information content (AvgIpc) is 2.15. The minimum absolute atomic E-state index is 0.169. The van der Waals surface area contributed by atoms with Crippen molar-refractivity contribution in [2.45, 2.75) is 32.7 Å². The Morgan fingerprint density at radius 2 is 1.60 bits per heavy atom. The fourth-order valence-corrected chi connectivity index (χ4v) is 2.67. The van der Waals surface area contributed by atoms with Crippen molar-refractivity contribution >= 4 is 8.32 Å². The number of hydrogen-bond acceptors (Lipinski definition) is 2. The maximum atomic E-state index is 6.00. The van der Waals surface area contributed by atoms with Gasteiger partial charge in [-0.25, -0.2) is 0 Å². The van der Waals surface area contributed by atoms with Gasteiger partial charge in [0.15, 0.2) is 8.32 Å². The van der Waals surface area contributed by atoms with E-state index in [1.165, 1.54) is 5.56 Å². The van der Waals surface area contributed by atoms with Gasteiger partial charge in [-0.3, -0.25) is 0 Å². The monoisotopic (exact) mass is 224 g/mol. The fraction of sp³-hybridized carbons (Fsp3) is 0.500. The SMILES string of the molecule is COc1ccc(C(C)O[Si](C)(C)C)cc1. The molecule has 1 aromatic carbocycles. The number of ether oxygens (including phenoxy) is 1. The highest BCUT2D eigenvalue weighted by Crippen LogP contribution is 2.23. The zero-order chi connectivity index (χ0) is 11.5. The summed E-state index contributed by atoms with van der Waals surface area (Å²) in [7, 11) is 0.221. The highest BCUT2D eigenvalue weighted by atomic mass is 28.4. The molecule has 0 heterocycles. The van der Waals surface area contributed by atoms with E-state index < -0.39 is 8.32 Å². The molecule has 0 bridgehead atoms. The predicted molar refractivity (Wildman–Crippen MR) is 65.8 cm³/mol. The van der Waals surface area contributed by atoms with Gasteiger partial charge in [-0.1, -0.05) is 12.1 Å². The van der Waals surface area contributed by atoms with E-state index in [2.05, 4.69) is 38.7 Å². The highest BCUT2D eigenvalue weighted by molar-refractivity contribution is 6.69. The predicted octanol–water partition coefficient (Wildman–Crippen LogP) is 3.61. The van der Waals surface area contributed by atoms with Crippen LogP contribution in [0, 0.1) is 0 Å². The molecule has 1 unspecified atom stereocenters. The molecular formula is C12H20O2Si. The number of rotatable bonds is 4. The topological polar surface area (TPSA) is 18.5 Å². The third kappa shape index (κ3) is 4.06. The molecule has 0 fully saturated rings. The molecule has 15 heavy (non-hydrogen) atoms. The Labute approximate surface area is 93.4 Å². The molecular weight excluding hydrogens is 204 g/mol. The van der Waals surface area contributed by atoms with Crippen molar-refractivity contribution in [2.24, 2.45) is 0 Å².